The van der Waals surface area contributed by atoms with Crippen LogP contribution in [0.1, 0.15) is 5.76 Å². The van der Waals surface area contributed by atoms with Crippen molar-refractivity contribution in [2.75, 3.05) is 4.72 Å². The van der Waals surface area contributed by atoms with Crippen molar-refractivity contribution in [3.05, 3.63) is 46.1 Å². The van der Waals surface area contributed by atoms with E-state index in [9.17, 15) is 17.2 Å². The molecule has 0 unspecified atom stereocenters. The van der Waals surface area contributed by atoms with Gasteiger partial charge in [0.25, 0.3) is 10.0 Å². The highest BCUT2D eigenvalue weighted by atomic mass is 79.9. The van der Waals surface area contributed by atoms with Crippen LogP contribution in [0.2, 0.25) is 0 Å². The Morgan fingerprint density at radius 1 is 1.30 bits per heavy atom. The Labute approximate surface area is 121 Å². The molecule has 0 radical (unpaired) electrons. The first kappa shape index (κ1) is 14.9. The van der Waals surface area contributed by atoms with Crippen LogP contribution in [0.5, 0.6) is 0 Å². The topological polar surface area (TPSA) is 79.5 Å². The number of anilines is 1. The Hall–Kier alpha value is -1.45. The first-order valence-corrected chi connectivity index (χ1v) is 7.48. The van der Waals surface area contributed by atoms with Crippen LogP contribution < -0.4 is 4.72 Å². The van der Waals surface area contributed by atoms with Gasteiger partial charge in [-0.15, -0.1) is 0 Å². The van der Waals surface area contributed by atoms with Gasteiger partial charge in [0, 0.05) is 10.5 Å². The molecule has 108 valence electrons. The van der Waals surface area contributed by atoms with E-state index in [0.717, 1.165) is 12.1 Å². The van der Waals surface area contributed by atoms with Crippen molar-refractivity contribution in [2.24, 2.45) is 0 Å². The number of sulfonamides is 1. The van der Waals surface area contributed by atoms with Crippen LogP contribution in [0.15, 0.2) is 38.2 Å². The Morgan fingerprint density at radius 3 is 2.55 bits per heavy atom. The Kier molecular flexibility index (Phi) is 4.11. The van der Waals surface area contributed by atoms with Gasteiger partial charge < -0.3 is 9.52 Å². The second-order valence-electron chi connectivity index (χ2n) is 3.73. The zero-order valence-corrected chi connectivity index (χ0v) is 12.1. The largest absolute Gasteiger partial charge is 0.445 e. The molecule has 9 heteroatoms. The van der Waals surface area contributed by atoms with Crippen molar-refractivity contribution in [3.8, 4) is 0 Å². The fourth-order valence-electron chi connectivity index (χ4n) is 1.41. The highest BCUT2D eigenvalue weighted by molar-refractivity contribution is 9.10. The molecule has 20 heavy (non-hydrogen) atoms. The SMILES string of the molecule is O=S(=O)(Nc1c(F)cc(F)cc1Br)c1ccc(CO)o1. The van der Waals surface area contributed by atoms with Crippen LogP contribution in [0.25, 0.3) is 0 Å². The van der Waals surface area contributed by atoms with E-state index < -0.39 is 39.0 Å². The summed E-state index contributed by atoms with van der Waals surface area (Å²) in [6, 6.07) is 3.85. The fraction of sp³-hybridized carbons (Fsp3) is 0.0909. The third-order valence-electron chi connectivity index (χ3n) is 2.30. The molecular formula is C11H8BrF2NO4S. The first-order chi connectivity index (χ1) is 9.33. The summed E-state index contributed by atoms with van der Waals surface area (Å²) < 4.78 is 57.1. The van der Waals surface area contributed by atoms with Gasteiger partial charge in [-0.05, 0) is 34.1 Å². The molecule has 0 aliphatic rings. The lowest BCUT2D eigenvalue weighted by atomic mass is 10.3. The lowest BCUT2D eigenvalue weighted by Crippen LogP contribution is -2.14. The average molecular weight is 368 g/mol. The molecule has 1 heterocycles. The fourth-order valence-corrected chi connectivity index (χ4v) is 3.09. The first-order valence-electron chi connectivity index (χ1n) is 5.20. The van der Waals surface area contributed by atoms with Gasteiger partial charge in [0.05, 0.1) is 5.69 Å². The lowest BCUT2D eigenvalue weighted by Gasteiger charge is -2.09. The molecule has 0 saturated heterocycles. The standard InChI is InChI=1S/C11H8BrF2NO4S/c12-8-3-6(13)4-9(14)11(8)15-20(17,18)10-2-1-7(5-16)19-10/h1-4,15-16H,5H2. The highest BCUT2D eigenvalue weighted by Crippen LogP contribution is 2.29. The van der Waals surface area contributed by atoms with Crippen molar-refractivity contribution < 1.29 is 26.7 Å². The number of nitrogens with one attached hydrogen (secondary N) is 1. The van der Waals surface area contributed by atoms with Gasteiger partial charge >= 0.3 is 0 Å². The number of benzene rings is 1. The summed E-state index contributed by atoms with van der Waals surface area (Å²) in [7, 11) is -4.18. The molecule has 0 amide bonds. The summed E-state index contributed by atoms with van der Waals surface area (Å²) in [5.41, 5.74) is -0.437. The molecule has 1 aromatic heterocycles. The number of hydrogen-bond donors (Lipinski definition) is 2. The highest BCUT2D eigenvalue weighted by Gasteiger charge is 2.22. The minimum Gasteiger partial charge on any atom is -0.445 e. The summed E-state index contributed by atoms with van der Waals surface area (Å²) in [6.07, 6.45) is 0. The van der Waals surface area contributed by atoms with E-state index in [2.05, 4.69) is 15.9 Å². The molecule has 1 aromatic carbocycles. The normalized spacial score (nSPS) is 11.6. The predicted molar refractivity (Wildman–Crippen MR) is 69.5 cm³/mol. The van der Waals surface area contributed by atoms with Crippen molar-refractivity contribution >= 4 is 31.6 Å². The predicted octanol–water partition coefficient (Wildman–Crippen LogP) is 2.61. The Bertz CT molecular complexity index is 722. The molecule has 2 rings (SSSR count). The summed E-state index contributed by atoms with van der Waals surface area (Å²) in [5.74, 6) is -1.88. The molecule has 0 fully saturated rings. The van der Waals surface area contributed by atoms with Gasteiger partial charge in [-0.3, -0.25) is 4.72 Å². The van der Waals surface area contributed by atoms with E-state index in [1.54, 1.807) is 0 Å². The zero-order chi connectivity index (χ0) is 14.9. The number of furan rings is 1. The smallest absolute Gasteiger partial charge is 0.295 e. The maximum Gasteiger partial charge on any atom is 0.295 e. The van der Waals surface area contributed by atoms with Crippen molar-refractivity contribution in [3.63, 3.8) is 0 Å². The molecule has 0 saturated carbocycles. The van der Waals surface area contributed by atoms with Gasteiger partial charge in [0.15, 0.2) is 5.82 Å². The van der Waals surface area contributed by atoms with Crippen LogP contribution in [-0.2, 0) is 16.6 Å². The third kappa shape index (κ3) is 3.00. The van der Waals surface area contributed by atoms with Gasteiger partial charge in [0.1, 0.15) is 18.2 Å². The van der Waals surface area contributed by atoms with E-state index in [-0.39, 0.29) is 10.2 Å². The quantitative estimate of drug-likeness (QED) is 0.870. The number of aliphatic hydroxyl groups is 1. The molecule has 0 aliphatic heterocycles. The Morgan fingerprint density at radius 2 is 2.00 bits per heavy atom. The third-order valence-corrected chi connectivity index (χ3v) is 4.15. The summed E-state index contributed by atoms with van der Waals surface area (Å²) in [4.78, 5) is 0. The molecule has 0 spiro atoms. The maximum absolute atomic E-state index is 13.6. The van der Waals surface area contributed by atoms with E-state index in [1.807, 2.05) is 4.72 Å². The molecule has 0 atom stereocenters. The number of rotatable bonds is 4. The molecule has 0 aliphatic carbocycles. The molecule has 0 bridgehead atoms. The average Bonchev–Trinajstić information content (AvgIpc) is 2.83. The summed E-state index contributed by atoms with van der Waals surface area (Å²) >= 11 is 2.86. The van der Waals surface area contributed by atoms with Crippen molar-refractivity contribution in [2.45, 2.75) is 11.7 Å². The second kappa shape index (κ2) is 5.51. The minimum absolute atomic E-state index is 0.0454. The van der Waals surface area contributed by atoms with E-state index >= 15 is 0 Å². The van der Waals surface area contributed by atoms with Gasteiger partial charge in [-0.25, -0.2) is 8.78 Å². The van der Waals surface area contributed by atoms with Crippen LogP contribution in [0, 0.1) is 11.6 Å². The van der Waals surface area contributed by atoms with Gasteiger partial charge in [-0.2, -0.15) is 8.42 Å². The number of halogens is 3. The van der Waals surface area contributed by atoms with E-state index in [0.29, 0.717) is 6.07 Å². The van der Waals surface area contributed by atoms with Crippen LogP contribution in [0.3, 0.4) is 0 Å². The lowest BCUT2D eigenvalue weighted by molar-refractivity contribution is 0.236. The second-order valence-corrected chi connectivity index (χ2v) is 6.20. The van der Waals surface area contributed by atoms with Crippen LogP contribution in [-0.4, -0.2) is 13.5 Å². The van der Waals surface area contributed by atoms with Crippen molar-refractivity contribution in [1.29, 1.82) is 0 Å². The monoisotopic (exact) mass is 367 g/mol. The number of hydrogen-bond acceptors (Lipinski definition) is 4. The summed E-state index contributed by atoms with van der Waals surface area (Å²) in [6.45, 7) is -0.468. The maximum atomic E-state index is 13.6. The van der Waals surface area contributed by atoms with Gasteiger partial charge in [0.2, 0.25) is 5.09 Å². The van der Waals surface area contributed by atoms with E-state index in [1.165, 1.54) is 6.07 Å². The van der Waals surface area contributed by atoms with E-state index in [4.69, 9.17) is 9.52 Å². The summed E-state index contributed by atoms with van der Waals surface area (Å²) in [5, 5.41) is 8.32. The molecule has 2 aromatic rings. The molecule has 2 N–H and O–H groups in total. The van der Waals surface area contributed by atoms with Crippen LogP contribution in [0.4, 0.5) is 14.5 Å². The number of aliphatic hydroxyl groups excluding tert-OH is 1. The van der Waals surface area contributed by atoms with Crippen LogP contribution >= 0.6 is 15.9 Å². The minimum atomic E-state index is -4.18. The Balaban J connectivity index is 2.38. The molecular weight excluding hydrogens is 360 g/mol. The molecule has 5 nitrogen and oxygen atoms in total. The van der Waals surface area contributed by atoms with Crippen molar-refractivity contribution in [1.82, 2.24) is 0 Å². The van der Waals surface area contributed by atoms with Gasteiger partial charge in [-0.1, -0.05) is 0 Å². The zero-order valence-electron chi connectivity index (χ0n) is 9.73.